The summed E-state index contributed by atoms with van der Waals surface area (Å²) < 4.78 is 1.88. The van der Waals surface area contributed by atoms with Gasteiger partial charge >= 0.3 is 0 Å². The van der Waals surface area contributed by atoms with E-state index in [0.717, 1.165) is 37.3 Å². The van der Waals surface area contributed by atoms with Crippen molar-refractivity contribution in [2.75, 3.05) is 13.1 Å². The van der Waals surface area contributed by atoms with Crippen LogP contribution in [0.4, 0.5) is 0 Å². The van der Waals surface area contributed by atoms with Crippen molar-refractivity contribution in [3.8, 4) is 5.69 Å². The van der Waals surface area contributed by atoms with E-state index in [9.17, 15) is 4.79 Å². The van der Waals surface area contributed by atoms with E-state index in [1.807, 2.05) is 29.1 Å². The predicted octanol–water partition coefficient (Wildman–Crippen LogP) is 3.58. The van der Waals surface area contributed by atoms with E-state index in [-0.39, 0.29) is 5.91 Å². The Balaban J connectivity index is 1.15. The molecule has 6 nitrogen and oxygen atoms in total. The third-order valence-corrected chi connectivity index (χ3v) is 5.81. The average molecular weight is 404 g/mol. The molecule has 30 heavy (non-hydrogen) atoms. The van der Waals surface area contributed by atoms with Crippen molar-refractivity contribution < 1.29 is 4.79 Å². The fourth-order valence-electron chi connectivity index (χ4n) is 3.99. The van der Waals surface area contributed by atoms with Crippen LogP contribution in [0.15, 0.2) is 67.3 Å². The van der Waals surface area contributed by atoms with E-state index >= 15 is 0 Å². The smallest absolute Gasteiger partial charge is 0.220 e. The maximum absolute atomic E-state index is 12.1. The highest BCUT2D eigenvalue weighted by molar-refractivity contribution is 5.75. The molecule has 3 heterocycles. The number of carbonyl (C=O) groups is 1. The molecule has 0 saturated carbocycles. The lowest BCUT2D eigenvalue weighted by Crippen LogP contribution is -2.33. The third-order valence-electron chi connectivity index (χ3n) is 5.81. The number of nitrogens with zero attached hydrogens (tertiary/aromatic N) is 4. The summed E-state index contributed by atoms with van der Waals surface area (Å²) >= 11 is 0. The number of carbonyl (C=O) groups excluding carboxylic acids is 1. The molecule has 0 atom stereocenters. The molecule has 0 bridgehead atoms. The van der Waals surface area contributed by atoms with E-state index in [1.165, 1.54) is 18.4 Å². The van der Waals surface area contributed by atoms with E-state index in [1.54, 1.807) is 18.6 Å². The van der Waals surface area contributed by atoms with Gasteiger partial charge < -0.3 is 5.32 Å². The molecule has 1 fully saturated rings. The van der Waals surface area contributed by atoms with Crippen LogP contribution in [0.1, 0.15) is 36.8 Å². The highest BCUT2D eigenvalue weighted by Gasteiger charge is 2.20. The predicted molar refractivity (Wildman–Crippen MR) is 117 cm³/mol. The first-order chi connectivity index (χ1) is 14.8. The molecule has 2 aromatic heterocycles. The number of rotatable bonds is 8. The van der Waals surface area contributed by atoms with Gasteiger partial charge in [-0.1, -0.05) is 18.2 Å². The summed E-state index contributed by atoms with van der Waals surface area (Å²) in [6, 6.07) is 14.4. The number of nitrogens with one attached hydrogen (secondary N) is 1. The quantitative estimate of drug-likeness (QED) is 0.625. The normalized spacial score (nSPS) is 15.2. The molecule has 1 N–H and O–H groups in total. The molecule has 0 unspecified atom stereocenters. The number of hydrogen-bond acceptors (Lipinski definition) is 4. The maximum atomic E-state index is 12.1. The molecule has 0 aliphatic carbocycles. The monoisotopic (exact) mass is 403 g/mol. The zero-order chi connectivity index (χ0) is 20.6. The molecule has 1 amide bonds. The minimum Gasteiger partial charge on any atom is -0.352 e. The van der Waals surface area contributed by atoms with Gasteiger partial charge in [0.15, 0.2) is 0 Å². The fourth-order valence-corrected chi connectivity index (χ4v) is 3.99. The number of hydrogen-bond donors (Lipinski definition) is 1. The van der Waals surface area contributed by atoms with Crippen molar-refractivity contribution in [3.05, 3.63) is 78.4 Å². The van der Waals surface area contributed by atoms with Crippen LogP contribution >= 0.6 is 0 Å². The number of pyridine rings is 1. The minimum atomic E-state index is 0.138. The van der Waals surface area contributed by atoms with Crippen molar-refractivity contribution in [2.45, 2.75) is 38.8 Å². The maximum Gasteiger partial charge on any atom is 0.220 e. The molecule has 1 aromatic carbocycles. The largest absolute Gasteiger partial charge is 0.352 e. The van der Waals surface area contributed by atoms with Crippen LogP contribution in [0.2, 0.25) is 0 Å². The average Bonchev–Trinajstić information content (AvgIpc) is 3.33. The Hall–Kier alpha value is -2.99. The van der Waals surface area contributed by atoms with E-state index in [4.69, 9.17) is 0 Å². The van der Waals surface area contributed by atoms with Crippen LogP contribution < -0.4 is 5.32 Å². The fraction of sp³-hybridized carbons (Fsp3) is 0.375. The lowest BCUT2D eigenvalue weighted by molar-refractivity contribution is -0.121. The molecule has 0 radical (unpaired) electrons. The standard InChI is InChI=1S/C24H29N5O/c30-24(26-18-22-3-1-12-25-17-22)9-6-20-10-15-28(16-11-20)19-21-4-7-23(8-5-21)29-14-2-13-27-29/h1-5,7-8,12-14,17,20H,6,9-11,15-16,18-19H2,(H,26,30). The molecular weight excluding hydrogens is 374 g/mol. The summed E-state index contributed by atoms with van der Waals surface area (Å²) in [4.78, 5) is 18.7. The van der Waals surface area contributed by atoms with Crippen molar-refractivity contribution in [1.82, 2.24) is 25.0 Å². The van der Waals surface area contributed by atoms with Crippen LogP contribution in [0, 0.1) is 5.92 Å². The van der Waals surface area contributed by atoms with Gasteiger partial charge in [0.25, 0.3) is 0 Å². The molecule has 3 aromatic rings. The second-order valence-corrected chi connectivity index (χ2v) is 8.01. The number of aromatic nitrogens is 3. The summed E-state index contributed by atoms with van der Waals surface area (Å²) in [6.45, 7) is 3.74. The summed E-state index contributed by atoms with van der Waals surface area (Å²) in [5, 5.41) is 7.27. The molecular formula is C24H29N5O. The molecule has 1 aliphatic heterocycles. The second kappa shape index (κ2) is 10.2. The highest BCUT2D eigenvalue weighted by Crippen LogP contribution is 2.23. The van der Waals surface area contributed by atoms with Gasteiger partial charge in [-0.25, -0.2) is 4.68 Å². The van der Waals surface area contributed by atoms with Crippen LogP contribution in [0.25, 0.3) is 5.69 Å². The van der Waals surface area contributed by atoms with Crippen LogP contribution in [-0.2, 0) is 17.9 Å². The van der Waals surface area contributed by atoms with Crippen LogP contribution in [0.3, 0.4) is 0 Å². The van der Waals surface area contributed by atoms with Crippen molar-refractivity contribution in [3.63, 3.8) is 0 Å². The molecule has 6 heteroatoms. The van der Waals surface area contributed by atoms with Gasteiger partial charge in [-0.2, -0.15) is 5.10 Å². The first-order valence-corrected chi connectivity index (χ1v) is 10.7. The lowest BCUT2D eigenvalue weighted by Gasteiger charge is -2.32. The van der Waals surface area contributed by atoms with Crippen LogP contribution in [0.5, 0.6) is 0 Å². The number of amides is 1. The molecule has 1 saturated heterocycles. The zero-order valence-electron chi connectivity index (χ0n) is 17.3. The Kier molecular flexibility index (Phi) is 6.87. The number of benzene rings is 1. The van der Waals surface area contributed by atoms with Crippen molar-refractivity contribution >= 4 is 5.91 Å². The number of likely N-dealkylation sites (tertiary alicyclic amines) is 1. The summed E-state index contributed by atoms with van der Waals surface area (Å²) in [5.74, 6) is 0.783. The Morgan fingerprint density at radius 2 is 1.87 bits per heavy atom. The van der Waals surface area contributed by atoms with E-state index in [0.29, 0.717) is 18.9 Å². The number of piperidine rings is 1. The van der Waals surface area contributed by atoms with Gasteiger partial charge in [0.1, 0.15) is 0 Å². The van der Waals surface area contributed by atoms with Crippen molar-refractivity contribution in [2.24, 2.45) is 5.92 Å². The van der Waals surface area contributed by atoms with Crippen molar-refractivity contribution in [1.29, 1.82) is 0 Å². The molecule has 4 rings (SSSR count). The minimum absolute atomic E-state index is 0.138. The molecule has 156 valence electrons. The first kappa shape index (κ1) is 20.3. The highest BCUT2D eigenvalue weighted by atomic mass is 16.1. The Morgan fingerprint density at radius 1 is 1.03 bits per heavy atom. The lowest BCUT2D eigenvalue weighted by atomic mass is 9.92. The molecule has 1 aliphatic rings. The van der Waals surface area contributed by atoms with Gasteiger partial charge in [-0.05, 0) is 73.7 Å². The van der Waals surface area contributed by atoms with E-state index < -0.39 is 0 Å². The third kappa shape index (κ3) is 5.76. The van der Waals surface area contributed by atoms with Gasteiger partial charge in [0.05, 0.1) is 5.69 Å². The summed E-state index contributed by atoms with van der Waals surface area (Å²) in [6.07, 6.45) is 11.2. The Labute approximate surface area is 177 Å². The van der Waals surface area contributed by atoms with Gasteiger partial charge in [0, 0.05) is 44.3 Å². The zero-order valence-corrected chi connectivity index (χ0v) is 17.3. The SMILES string of the molecule is O=C(CCC1CCN(Cc2ccc(-n3cccn3)cc2)CC1)NCc1cccnc1. The molecule has 0 spiro atoms. The van der Waals surface area contributed by atoms with Gasteiger partial charge in [-0.3, -0.25) is 14.7 Å². The van der Waals surface area contributed by atoms with Gasteiger partial charge in [-0.15, -0.1) is 0 Å². The van der Waals surface area contributed by atoms with E-state index in [2.05, 4.69) is 44.6 Å². The first-order valence-electron chi connectivity index (χ1n) is 10.7. The van der Waals surface area contributed by atoms with Crippen LogP contribution in [-0.4, -0.2) is 38.7 Å². The second-order valence-electron chi connectivity index (χ2n) is 8.01. The van der Waals surface area contributed by atoms with Gasteiger partial charge in [0.2, 0.25) is 5.91 Å². The topological polar surface area (TPSA) is 63.1 Å². The summed E-state index contributed by atoms with van der Waals surface area (Å²) in [5.41, 5.74) is 3.46. The summed E-state index contributed by atoms with van der Waals surface area (Å²) in [7, 11) is 0. The Morgan fingerprint density at radius 3 is 2.57 bits per heavy atom. The Bertz CT molecular complexity index is 901.